The number of imidazole rings is 1. The fraction of sp³-hybridized carbons (Fsp3) is 0.385. The van der Waals surface area contributed by atoms with Crippen molar-refractivity contribution in [2.45, 2.75) is 12.5 Å². The highest BCUT2D eigenvalue weighted by molar-refractivity contribution is 5.32. The SMILES string of the molecule is NC(c1cncn1-c1ccncc1)C1CCOC1. The first-order valence-electron chi connectivity index (χ1n) is 6.12. The molecular formula is C13H16N4O. The van der Waals surface area contributed by atoms with Gasteiger partial charge >= 0.3 is 0 Å². The molecule has 1 saturated heterocycles. The van der Waals surface area contributed by atoms with Crippen LogP contribution in [0.2, 0.25) is 0 Å². The molecular weight excluding hydrogens is 228 g/mol. The van der Waals surface area contributed by atoms with Crippen LogP contribution in [0.1, 0.15) is 18.2 Å². The van der Waals surface area contributed by atoms with Gasteiger partial charge in [0.1, 0.15) is 0 Å². The number of nitrogens with zero attached hydrogens (tertiary/aromatic N) is 3. The van der Waals surface area contributed by atoms with E-state index in [2.05, 4.69) is 9.97 Å². The molecule has 3 rings (SSSR count). The van der Waals surface area contributed by atoms with E-state index in [0.29, 0.717) is 5.92 Å². The standard InChI is InChI=1S/C13H16N4O/c14-13(10-3-6-18-8-10)12-7-16-9-17(12)11-1-4-15-5-2-11/h1-2,4-5,7,9-10,13H,3,6,8,14H2. The Balaban J connectivity index is 1.91. The van der Waals surface area contributed by atoms with Crippen LogP contribution in [0.15, 0.2) is 37.1 Å². The summed E-state index contributed by atoms with van der Waals surface area (Å²) in [4.78, 5) is 8.23. The number of rotatable bonds is 3. The van der Waals surface area contributed by atoms with Gasteiger partial charge in [-0.2, -0.15) is 0 Å². The molecule has 94 valence electrons. The van der Waals surface area contributed by atoms with E-state index in [1.165, 1.54) is 0 Å². The highest BCUT2D eigenvalue weighted by Crippen LogP contribution is 2.27. The van der Waals surface area contributed by atoms with E-state index >= 15 is 0 Å². The smallest absolute Gasteiger partial charge is 0.0994 e. The van der Waals surface area contributed by atoms with Crippen LogP contribution in [-0.2, 0) is 4.74 Å². The topological polar surface area (TPSA) is 66.0 Å². The molecule has 3 heterocycles. The number of ether oxygens (including phenoxy) is 1. The third kappa shape index (κ3) is 2.02. The molecule has 0 aliphatic carbocycles. The Morgan fingerprint density at radius 2 is 2.17 bits per heavy atom. The molecule has 1 fully saturated rings. The fourth-order valence-corrected chi connectivity index (χ4v) is 2.35. The molecule has 2 aromatic heterocycles. The Morgan fingerprint density at radius 3 is 2.89 bits per heavy atom. The lowest BCUT2D eigenvalue weighted by Crippen LogP contribution is -2.24. The fourth-order valence-electron chi connectivity index (χ4n) is 2.35. The van der Waals surface area contributed by atoms with Gasteiger partial charge in [-0.15, -0.1) is 0 Å². The average Bonchev–Trinajstić information content (AvgIpc) is 3.10. The van der Waals surface area contributed by atoms with Gasteiger partial charge < -0.3 is 15.0 Å². The first-order valence-corrected chi connectivity index (χ1v) is 6.12. The van der Waals surface area contributed by atoms with Crippen LogP contribution >= 0.6 is 0 Å². The summed E-state index contributed by atoms with van der Waals surface area (Å²) in [5.41, 5.74) is 8.39. The zero-order valence-electron chi connectivity index (χ0n) is 10.1. The van der Waals surface area contributed by atoms with Crippen LogP contribution < -0.4 is 5.73 Å². The zero-order chi connectivity index (χ0) is 12.4. The molecule has 0 bridgehead atoms. The van der Waals surface area contributed by atoms with E-state index in [1.54, 1.807) is 18.7 Å². The van der Waals surface area contributed by atoms with E-state index in [9.17, 15) is 0 Å². The summed E-state index contributed by atoms with van der Waals surface area (Å²) < 4.78 is 7.42. The summed E-state index contributed by atoms with van der Waals surface area (Å²) in [5, 5.41) is 0. The van der Waals surface area contributed by atoms with Crippen molar-refractivity contribution in [3.05, 3.63) is 42.7 Å². The number of pyridine rings is 1. The number of nitrogens with two attached hydrogens (primary N) is 1. The molecule has 0 amide bonds. The lowest BCUT2D eigenvalue weighted by Gasteiger charge is -2.19. The first kappa shape index (κ1) is 11.4. The van der Waals surface area contributed by atoms with Crippen molar-refractivity contribution < 1.29 is 4.74 Å². The van der Waals surface area contributed by atoms with E-state index in [0.717, 1.165) is 31.0 Å². The monoisotopic (exact) mass is 244 g/mol. The van der Waals surface area contributed by atoms with E-state index < -0.39 is 0 Å². The van der Waals surface area contributed by atoms with Crippen molar-refractivity contribution in [1.29, 1.82) is 0 Å². The van der Waals surface area contributed by atoms with Gasteiger partial charge in [0.2, 0.25) is 0 Å². The average molecular weight is 244 g/mol. The van der Waals surface area contributed by atoms with Crippen LogP contribution in [-0.4, -0.2) is 27.7 Å². The Kier molecular flexibility index (Phi) is 3.08. The third-order valence-electron chi connectivity index (χ3n) is 3.42. The molecule has 1 aliphatic rings. The van der Waals surface area contributed by atoms with Gasteiger partial charge in [0.05, 0.1) is 30.9 Å². The lowest BCUT2D eigenvalue weighted by atomic mass is 9.97. The van der Waals surface area contributed by atoms with Crippen LogP contribution in [0.25, 0.3) is 5.69 Å². The second-order valence-corrected chi connectivity index (χ2v) is 4.54. The maximum Gasteiger partial charge on any atom is 0.0994 e. The minimum atomic E-state index is -0.0387. The summed E-state index contributed by atoms with van der Waals surface area (Å²) in [6.07, 6.45) is 8.18. The summed E-state index contributed by atoms with van der Waals surface area (Å²) in [7, 11) is 0. The normalized spacial score (nSPS) is 21.1. The zero-order valence-corrected chi connectivity index (χ0v) is 10.1. The second-order valence-electron chi connectivity index (χ2n) is 4.54. The molecule has 18 heavy (non-hydrogen) atoms. The number of aromatic nitrogens is 3. The van der Waals surface area contributed by atoms with Gasteiger partial charge in [-0.25, -0.2) is 4.98 Å². The van der Waals surface area contributed by atoms with Gasteiger partial charge in [0, 0.05) is 30.6 Å². The predicted octanol–water partition coefficient (Wildman–Crippen LogP) is 1.30. The lowest BCUT2D eigenvalue weighted by molar-refractivity contribution is 0.180. The van der Waals surface area contributed by atoms with Crippen molar-refractivity contribution in [2.24, 2.45) is 11.7 Å². The molecule has 2 atom stereocenters. The van der Waals surface area contributed by atoms with E-state index in [4.69, 9.17) is 10.5 Å². The Hall–Kier alpha value is -1.72. The summed E-state index contributed by atoms with van der Waals surface area (Å²) in [5.74, 6) is 0.377. The van der Waals surface area contributed by atoms with Gasteiger partial charge in [0.15, 0.2) is 0 Å². The Labute approximate surface area is 106 Å². The highest BCUT2D eigenvalue weighted by Gasteiger charge is 2.26. The van der Waals surface area contributed by atoms with Gasteiger partial charge in [0.25, 0.3) is 0 Å². The first-order chi connectivity index (χ1) is 8.86. The molecule has 2 aromatic rings. The van der Waals surface area contributed by atoms with Crippen molar-refractivity contribution in [3.63, 3.8) is 0 Å². The molecule has 2 unspecified atom stereocenters. The molecule has 5 nitrogen and oxygen atoms in total. The molecule has 0 aromatic carbocycles. The third-order valence-corrected chi connectivity index (χ3v) is 3.42. The molecule has 1 aliphatic heterocycles. The van der Waals surface area contributed by atoms with Crippen LogP contribution in [0.3, 0.4) is 0 Å². The van der Waals surface area contributed by atoms with E-state index in [1.807, 2.05) is 22.9 Å². The molecule has 5 heteroatoms. The predicted molar refractivity (Wildman–Crippen MR) is 67.2 cm³/mol. The van der Waals surface area contributed by atoms with Crippen LogP contribution in [0, 0.1) is 5.92 Å². The Bertz CT molecular complexity index is 505. The number of hydrogen-bond acceptors (Lipinski definition) is 4. The Morgan fingerprint density at radius 1 is 1.33 bits per heavy atom. The summed E-state index contributed by atoms with van der Waals surface area (Å²) in [6, 6.07) is 3.86. The molecule has 0 radical (unpaired) electrons. The van der Waals surface area contributed by atoms with Crippen molar-refractivity contribution in [3.8, 4) is 5.69 Å². The second kappa shape index (κ2) is 4.88. The maximum absolute atomic E-state index is 6.33. The van der Waals surface area contributed by atoms with Crippen molar-refractivity contribution in [2.75, 3.05) is 13.2 Å². The van der Waals surface area contributed by atoms with Gasteiger partial charge in [-0.1, -0.05) is 0 Å². The molecule has 2 N–H and O–H groups in total. The summed E-state index contributed by atoms with van der Waals surface area (Å²) >= 11 is 0. The number of hydrogen-bond donors (Lipinski definition) is 1. The quantitative estimate of drug-likeness (QED) is 0.884. The summed E-state index contributed by atoms with van der Waals surface area (Å²) in [6.45, 7) is 1.55. The maximum atomic E-state index is 6.33. The van der Waals surface area contributed by atoms with Crippen molar-refractivity contribution >= 4 is 0 Å². The highest BCUT2D eigenvalue weighted by atomic mass is 16.5. The van der Waals surface area contributed by atoms with Gasteiger partial charge in [-0.3, -0.25) is 4.98 Å². The van der Waals surface area contributed by atoms with Crippen molar-refractivity contribution in [1.82, 2.24) is 14.5 Å². The largest absolute Gasteiger partial charge is 0.381 e. The molecule has 0 spiro atoms. The minimum Gasteiger partial charge on any atom is -0.381 e. The van der Waals surface area contributed by atoms with Gasteiger partial charge in [-0.05, 0) is 18.6 Å². The van der Waals surface area contributed by atoms with Crippen LogP contribution in [0.4, 0.5) is 0 Å². The minimum absolute atomic E-state index is 0.0387. The van der Waals surface area contributed by atoms with Crippen LogP contribution in [0.5, 0.6) is 0 Å². The molecule has 0 saturated carbocycles. The van der Waals surface area contributed by atoms with E-state index in [-0.39, 0.29) is 6.04 Å².